The maximum atomic E-state index is 5.25. The zero-order valence-corrected chi connectivity index (χ0v) is 7.25. The standard InChI is InChI=1S/C2Cl4N2O2/c3-1(7-9-5)2(4)8-10-6/b7-1-,8-2-. The van der Waals surface area contributed by atoms with Crippen LogP contribution in [0.3, 0.4) is 0 Å². The van der Waals surface area contributed by atoms with E-state index < -0.39 is 0 Å². The molecule has 0 atom stereocenters. The van der Waals surface area contributed by atoms with Gasteiger partial charge in [-0.25, -0.2) is 0 Å². The third kappa shape index (κ3) is 4.00. The summed E-state index contributed by atoms with van der Waals surface area (Å²) in [7, 11) is 0. The molecule has 0 aromatic carbocycles. The van der Waals surface area contributed by atoms with E-state index in [-0.39, 0.29) is 10.3 Å². The van der Waals surface area contributed by atoms with Crippen LogP contribution in [0, 0.1) is 0 Å². The summed E-state index contributed by atoms with van der Waals surface area (Å²) in [6.07, 6.45) is 0. The largest absolute Gasteiger partial charge is 0.276 e. The van der Waals surface area contributed by atoms with Crippen molar-refractivity contribution in [3.8, 4) is 0 Å². The molecule has 0 N–H and O–H groups in total. The number of oxime groups is 2. The Morgan fingerprint density at radius 1 is 0.900 bits per heavy atom. The van der Waals surface area contributed by atoms with E-state index >= 15 is 0 Å². The van der Waals surface area contributed by atoms with Gasteiger partial charge in [-0.1, -0.05) is 23.2 Å². The molecule has 0 saturated carbocycles. The first-order valence-corrected chi connectivity index (χ1v) is 3.12. The molecule has 0 unspecified atom stereocenters. The third-order valence-electron chi connectivity index (χ3n) is 0.400. The second kappa shape index (κ2) is 5.85. The molecule has 0 saturated heterocycles. The van der Waals surface area contributed by atoms with Crippen molar-refractivity contribution in [1.82, 2.24) is 0 Å². The predicted molar refractivity (Wildman–Crippen MR) is 40.5 cm³/mol. The fraction of sp³-hybridized carbons (Fsp3) is 0. The van der Waals surface area contributed by atoms with Crippen LogP contribution in [0.5, 0.6) is 0 Å². The second-order valence-electron chi connectivity index (χ2n) is 0.902. The number of rotatable bonds is 3. The van der Waals surface area contributed by atoms with Crippen molar-refractivity contribution in [2.24, 2.45) is 10.3 Å². The Balaban J connectivity index is 4.06. The number of halogens is 4. The molecule has 0 bridgehead atoms. The summed E-state index contributed by atoms with van der Waals surface area (Å²) in [5.41, 5.74) is 0. The Hall–Kier alpha value is 0.1000. The van der Waals surface area contributed by atoms with Crippen molar-refractivity contribution < 1.29 is 8.78 Å². The van der Waals surface area contributed by atoms with Gasteiger partial charge in [0.25, 0.3) is 0 Å². The van der Waals surface area contributed by atoms with Gasteiger partial charge >= 0.3 is 0 Å². The molecule has 0 aliphatic rings. The predicted octanol–water partition coefficient (Wildman–Crippen LogP) is 2.43. The van der Waals surface area contributed by atoms with Crippen LogP contribution in [-0.2, 0) is 8.78 Å². The van der Waals surface area contributed by atoms with E-state index in [1.807, 2.05) is 0 Å². The van der Waals surface area contributed by atoms with Gasteiger partial charge in [0.1, 0.15) is 0 Å². The van der Waals surface area contributed by atoms with Crippen LogP contribution in [-0.4, -0.2) is 10.3 Å². The maximum Gasteiger partial charge on any atom is 0.211 e. The Labute approximate surface area is 76.6 Å². The van der Waals surface area contributed by atoms with Gasteiger partial charge in [-0.05, 0) is 10.3 Å². The second-order valence-corrected chi connectivity index (χ2v) is 1.89. The van der Waals surface area contributed by atoms with E-state index in [1.54, 1.807) is 0 Å². The lowest BCUT2D eigenvalue weighted by molar-refractivity contribution is 0.378. The quantitative estimate of drug-likeness (QED) is 0.547. The Kier molecular flexibility index (Phi) is 5.91. The minimum atomic E-state index is -0.266. The molecule has 0 amide bonds. The first-order chi connectivity index (χ1) is 4.72. The van der Waals surface area contributed by atoms with Gasteiger partial charge in [0, 0.05) is 0 Å². The molecule has 0 radical (unpaired) electrons. The zero-order valence-electron chi connectivity index (χ0n) is 4.22. The number of hydrogen-bond donors (Lipinski definition) is 0. The summed E-state index contributed by atoms with van der Waals surface area (Å²) in [5, 5.41) is 5.45. The Bertz CT molecular complexity index is 139. The third-order valence-corrected chi connectivity index (χ3v) is 1.13. The molecule has 10 heavy (non-hydrogen) atoms. The number of nitrogens with zero attached hydrogens (tertiary/aromatic N) is 2. The van der Waals surface area contributed by atoms with Gasteiger partial charge in [0.2, 0.25) is 10.3 Å². The fourth-order valence-electron chi connectivity index (χ4n) is 0.136. The summed E-state index contributed by atoms with van der Waals surface area (Å²) in [6, 6.07) is 0. The molecule has 0 fully saturated rings. The fourth-order valence-corrected chi connectivity index (χ4v) is 0.483. The highest BCUT2D eigenvalue weighted by Crippen LogP contribution is 1.99. The van der Waals surface area contributed by atoms with E-state index in [0.29, 0.717) is 0 Å². The highest BCUT2D eigenvalue weighted by Gasteiger charge is 2.03. The smallest absolute Gasteiger partial charge is 0.211 e. The molecule has 0 heterocycles. The van der Waals surface area contributed by atoms with Gasteiger partial charge < -0.3 is 0 Å². The van der Waals surface area contributed by atoms with Gasteiger partial charge in [0.15, 0.2) is 23.7 Å². The lowest BCUT2D eigenvalue weighted by Gasteiger charge is -1.88. The van der Waals surface area contributed by atoms with Gasteiger partial charge in [0.05, 0.1) is 0 Å². The van der Waals surface area contributed by atoms with Crippen molar-refractivity contribution in [1.29, 1.82) is 0 Å². The van der Waals surface area contributed by atoms with Gasteiger partial charge in [-0.2, -0.15) is 0 Å². The normalized spacial score (nSPS) is 13.2. The Morgan fingerprint density at radius 2 is 1.20 bits per heavy atom. The Morgan fingerprint density at radius 3 is 1.40 bits per heavy atom. The SMILES string of the molecule is ClO/N=C(Cl)/C(Cl)=N/OCl. The molecule has 0 aromatic heterocycles. The zero-order chi connectivity index (χ0) is 7.98. The lowest BCUT2D eigenvalue weighted by atomic mass is 10.8. The highest BCUT2D eigenvalue weighted by atomic mass is 35.5. The molecule has 0 aliphatic heterocycles. The van der Waals surface area contributed by atoms with Crippen molar-refractivity contribution in [3.63, 3.8) is 0 Å². The first kappa shape index (κ1) is 10.1. The number of hydrogen-bond acceptors (Lipinski definition) is 4. The van der Waals surface area contributed by atoms with Crippen molar-refractivity contribution in [2.45, 2.75) is 0 Å². The van der Waals surface area contributed by atoms with Crippen LogP contribution in [0.1, 0.15) is 0 Å². The van der Waals surface area contributed by atoms with Crippen LogP contribution in [0.25, 0.3) is 0 Å². The monoisotopic (exact) mass is 224 g/mol. The summed E-state index contributed by atoms with van der Waals surface area (Å²) in [5.74, 6) is 0. The van der Waals surface area contributed by atoms with Crippen LogP contribution in [0.2, 0.25) is 0 Å². The summed E-state index contributed by atoms with van der Waals surface area (Å²) in [4.78, 5) is 0. The minimum absolute atomic E-state index is 0.266. The van der Waals surface area contributed by atoms with Crippen LogP contribution in [0.15, 0.2) is 10.3 Å². The van der Waals surface area contributed by atoms with Crippen molar-refractivity contribution in [2.75, 3.05) is 0 Å². The molecule has 0 rings (SSSR count). The summed E-state index contributed by atoms with van der Waals surface area (Å²) < 4.78 is 7.47. The van der Waals surface area contributed by atoms with E-state index in [4.69, 9.17) is 23.2 Å². The van der Waals surface area contributed by atoms with Crippen LogP contribution >= 0.6 is 46.9 Å². The van der Waals surface area contributed by atoms with Gasteiger partial charge in [-0.3, -0.25) is 8.78 Å². The molecule has 8 heteroatoms. The first-order valence-electron chi connectivity index (χ1n) is 1.75. The lowest BCUT2D eigenvalue weighted by Crippen LogP contribution is -1.98. The van der Waals surface area contributed by atoms with E-state index in [9.17, 15) is 0 Å². The highest BCUT2D eigenvalue weighted by molar-refractivity contribution is 7.00. The minimum Gasteiger partial charge on any atom is -0.276 e. The molecule has 0 aromatic rings. The van der Waals surface area contributed by atoms with Crippen LogP contribution < -0.4 is 0 Å². The molecular formula is C2Cl4N2O2. The van der Waals surface area contributed by atoms with Crippen LogP contribution in [0.4, 0.5) is 0 Å². The topological polar surface area (TPSA) is 43.2 Å². The summed E-state index contributed by atoms with van der Waals surface area (Å²) in [6.45, 7) is 0. The molecule has 58 valence electrons. The average Bonchev–Trinajstić information content (AvgIpc) is 1.89. The molecule has 0 aliphatic carbocycles. The molecule has 4 nitrogen and oxygen atoms in total. The van der Waals surface area contributed by atoms with Gasteiger partial charge in [-0.15, -0.1) is 0 Å². The van der Waals surface area contributed by atoms with E-state index in [1.165, 1.54) is 0 Å². The van der Waals surface area contributed by atoms with E-state index in [2.05, 4.69) is 42.8 Å². The average molecular weight is 226 g/mol. The van der Waals surface area contributed by atoms with E-state index in [0.717, 1.165) is 0 Å². The molecular weight excluding hydrogens is 226 g/mol. The maximum absolute atomic E-state index is 5.25. The van der Waals surface area contributed by atoms with Crippen molar-refractivity contribution >= 4 is 57.3 Å². The van der Waals surface area contributed by atoms with Crippen molar-refractivity contribution in [3.05, 3.63) is 0 Å². The summed E-state index contributed by atoms with van der Waals surface area (Å²) >= 11 is 19.9. The molecule has 0 spiro atoms.